The average molecular weight is 294 g/mol. The highest BCUT2D eigenvalue weighted by atomic mass is 16.7. The summed E-state index contributed by atoms with van der Waals surface area (Å²) in [6.07, 6.45) is 3.53. The fraction of sp³-hybridized carbons (Fsp3) is 0.118. The van der Waals surface area contributed by atoms with Gasteiger partial charge in [0.05, 0.1) is 7.11 Å². The molecule has 22 heavy (non-hydrogen) atoms. The number of hydrogen-bond donors (Lipinski definition) is 1. The van der Waals surface area contributed by atoms with Crippen molar-refractivity contribution >= 4 is 0 Å². The topological polar surface area (TPSA) is 56.4 Å². The summed E-state index contributed by atoms with van der Waals surface area (Å²) >= 11 is 0. The molecule has 2 aromatic carbocycles. The summed E-state index contributed by atoms with van der Waals surface area (Å²) in [5, 5.41) is 0. The van der Waals surface area contributed by atoms with Gasteiger partial charge in [0.2, 0.25) is 6.79 Å². The molecule has 0 saturated heterocycles. The van der Waals surface area contributed by atoms with Crippen molar-refractivity contribution in [3.8, 4) is 39.8 Å². The van der Waals surface area contributed by atoms with Gasteiger partial charge in [-0.05, 0) is 35.4 Å². The Bertz CT molecular complexity index is 813. The number of ether oxygens (including phenoxy) is 3. The molecule has 0 saturated carbocycles. The van der Waals surface area contributed by atoms with E-state index in [1.807, 2.05) is 36.4 Å². The van der Waals surface area contributed by atoms with Crippen molar-refractivity contribution in [2.75, 3.05) is 13.9 Å². The molecule has 1 aromatic heterocycles. The SMILES string of the molecule is COc1cccc(-c2cc3c(cc2-c2ncc[nH]2)OCO3)c1. The molecular weight excluding hydrogens is 280 g/mol. The maximum Gasteiger partial charge on any atom is 0.231 e. The number of rotatable bonds is 3. The van der Waals surface area contributed by atoms with Gasteiger partial charge < -0.3 is 19.2 Å². The molecule has 4 rings (SSSR count). The van der Waals surface area contributed by atoms with Gasteiger partial charge in [0, 0.05) is 18.0 Å². The fourth-order valence-corrected chi connectivity index (χ4v) is 2.58. The van der Waals surface area contributed by atoms with Gasteiger partial charge in [-0.2, -0.15) is 0 Å². The molecule has 1 N–H and O–H groups in total. The first kappa shape index (κ1) is 12.8. The largest absolute Gasteiger partial charge is 0.497 e. The maximum absolute atomic E-state index is 5.51. The molecule has 0 unspecified atom stereocenters. The Balaban J connectivity index is 1.93. The summed E-state index contributed by atoms with van der Waals surface area (Å²) in [4.78, 5) is 7.50. The first-order chi connectivity index (χ1) is 10.8. The third kappa shape index (κ3) is 2.07. The predicted octanol–water partition coefficient (Wildman–Crippen LogP) is 3.48. The highest BCUT2D eigenvalue weighted by molar-refractivity contribution is 5.84. The lowest BCUT2D eigenvalue weighted by atomic mass is 9.98. The monoisotopic (exact) mass is 294 g/mol. The van der Waals surface area contributed by atoms with E-state index in [-0.39, 0.29) is 6.79 Å². The van der Waals surface area contributed by atoms with E-state index < -0.39 is 0 Å². The Kier molecular flexibility index (Phi) is 2.96. The Hall–Kier alpha value is -2.95. The molecular formula is C17H14N2O3. The number of aromatic nitrogens is 2. The van der Waals surface area contributed by atoms with E-state index in [1.54, 1.807) is 19.5 Å². The van der Waals surface area contributed by atoms with Gasteiger partial charge in [-0.1, -0.05) is 12.1 Å². The molecule has 1 aliphatic heterocycles. The first-order valence-electron chi connectivity index (χ1n) is 6.93. The van der Waals surface area contributed by atoms with Gasteiger partial charge in [0.25, 0.3) is 0 Å². The number of fused-ring (bicyclic) bond motifs is 1. The predicted molar refractivity (Wildman–Crippen MR) is 82.1 cm³/mol. The Morgan fingerprint density at radius 3 is 2.64 bits per heavy atom. The van der Waals surface area contributed by atoms with Crippen molar-refractivity contribution in [2.45, 2.75) is 0 Å². The normalized spacial score (nSPS) is 12.4. The van der Waals surface area contributed by atoms with Gasteiger partial charge in [0.1, 0.15) is 11.6 Å². The van der Waals surface area contributed by atoms with E-state index in [2.05, 4.69) is 9.97 Å². The van der Waals surface area contributed by atoms with E-state index >= 15 is 0 Å². The van der Waals surface area contributed by atoms with Crippen molar-refractivity contribution in [3.63, 3.8) is 0 Å². The number of nitrogens with one attached hydrogen (secondary N) is 1. The molecule has 0 fully saturated rings. The molecule has 0 amide bonds. The smallest absolute Gasteiger partial charge is 0.231 e. The van der Waals surface area contributed by atoms with Crippen molar-refractivity contribution in [1.29, 1.82) is 0 Å². The number of aromatic amines is 1. The second-order valence-corrected chi connectivity index (χ2v) is 4.92. The summed E-state index contributed by atoms with van der Waals surface area (Å²) in [7, 11) is 1.66. The molecule has 0 atom stereocenters. The van der Waals surface area contributed by atoms with Crippen LogP contribution in [0.25, 0.3) is 22.5 Å². The molecule has 2 heterocycles. The summed E-state index contributed by atoms with van der Waals surface area (Å²) < 4.78 is 16.3. The standard InChI is InChI=1S/C17H14N2O3/c1-20-12-4-2-3-11(7-12)13-8-15-16(22-10-21-15)9-14(13)17-18-5-6-19-17/h2-9H,10H2,1H3,(H,18,19). The molecule has 0 radical (unpaired) electrons. The lowest BCUT2D eigenvalue weighted by Crippen LogP contribution is -1.92. The van der Waals surface area contributed by atoms with Crippen LogP contribution in [0, 0.1) is 0 Å². The second kappa shape index (κ2) is 5.11. The molecule has 5 heteroatoms. The van der Waals surface area contributed by atoms with Gasteiger partial charge in [-0.3, -0.25) is 0 Å². The maximum atomic E-state index is 5.51. The van der Waals surface area contributed by atoms with Crippen LogP contribution in [0.2, 0.25) is 0 Å². The summed E-state index contributed by atoms with van der Waals surface area (Å²) in [6, 6.07) is 11.8. The Morgan fingerprint density at radius 2 is 1.91 bits per heavy atom. The summed E-state index contributed by atoms with van der Waals surface area (Å²) in [6.45, 7) is 0.245. The minimum absolute atomic E-state index is 0.245. The molecule has 0 aliphatic carbocycles. The van der Waals surface area contributed by atoms with Crippen LogP contribution in [0.4, 0.5) is 0 Å². The zero-order valence-electron chi connectivity index (χ0n) is 12.0. The minimum atomic E-state index is 0.245. The zero-order valence-corrected chi connectivity index (χ0v) is 12.0. The first-order valence-corrected chi connectivity index (χ1v) is 6.93. The summed E-state index contributed by atoms with van der Waals surface area (Å²) in [5.41, 5.74) is 3.00. The minimum Gasteiger partial charge on any atom is -0.497 e. The molecule has 3 aromatic rings. The molecule has 5 nitrogen and oxygen atoms in total. The number of imidazole rings is 1. The van der Waals surface area contributed by atoms with Crippen LogP contribution >= 0.6 is 0 Å². The van der Waals surface area contributed by atoms with Gasteiger partial charge >= 0.3 is 0 Å². The van der Waals surface area contributed by atoms with Crippen LogP contribution in [0.3, 0.4) is 0 Å². The van der Waals surface area contributed by atoms with Crippen LogP contribution in [-0.4, -0.2) is 23.9 Å². The number of methoxy groups -OCH3 is 1. The summed E-state index contributed by atoms with van der Waals surface area (Å²) in [5.74, 6) is 3.07. The van der Waals surface area contributed by atoms with Gasteiger partial charge in [0.15, 0.2) is 11.5 Å². The van der Waals surface area contributed by atoms with E-state index in [9.17, 15) is 0 Å². The van der Waals surface area contributed by atoms with Crippen LogP contribution in [0.1, 0.15) is 0 Å². The van der Waals surface area contributed by atoms with E-state index in [0.29, 0.717) is 0 Å². The van der Waals surface area contributed by atoms with E-state index in [4.69, 9.17) is 14.2 Å². The van der Waals surface area contributed by atoms with Crippen LogP contribution < -0.4 is 14.2 Å². The Morgan fingerprint density at radius 1 is 1.09 bits per heavy atom. The highest BCUT2D eigenvalue weighted by Crippen LogP contribution is 2.42. The van der Waals surface area contributed by atoms with Crippen molar-refractivity contribution in [3.05, 3.63) is 48.8 Å². The van der Waals surface area contributed by atoms with Crippen molar-refractivity contribution in [1.82, 2.24) is 9.97 Å². The van der Waals surface area contributed by atoms with Crippen molar-refractivity contribution in [2.24, 2.45) is 0 Å². The lowest BCUT2D eigenvalue weighted by molar-refractivity contribution is 0.174. The van der Waals surface area contributed by atoms with Crippen LogP contribution in [-0.2, 0) is 0 Å². The second-order valence-electron chi connectivity index (χ2n) is 4.92. The third-order valence-electron chi connectivity index (χ3n) is 3.65. The molecule has 1 aliphatic rings. The molecule has 110 valence electrons. The molecule has 0 bridgehead atoms. The van der Waals surface area contributed by atoms with Crippen LogP contribution in [0.15, 0.2) is 48.8 Å². The quantitative estimate of drug-likeness (QED) is 0.803. The van der Waals surface area contributed by atoms with E-state index in [1.165, 1.54) is 0 Å². The van der Waals surface area contributed by atoms with E-state index in [0.717, 1.165) is 39.8 Å². The number of hydrogen-bond acceptors (Lipinski definition) is 4. The van der Waals surface area contributed by atoms with Crippen molar-refractivity contribution < 1.29 is 14.2 Å². The highest BCUT2D eigenvalue weighted by Gasteiger charge is 2.20. The third-order valence-corrected chi connectivity index (χ3v) is 3.65. The number of H-pyrrole nitrogens is 1. The number of nitrogens with zero attached hydrogens (tertiary/aromatic N) is 1. The average Bonchev–Trinajstić information content (AvgIpc) is 3.24. The van der Waals surface area contributed by atoms with Crippen LogP contribution in [0.5, 0.6) is 17.2 Å². The Labute approximate surface area is 127 Å². The van der Waals surface area contributed by atoms with Gasteiger partial charge in [-0.25, -0.2) is 4.98 Å². The fourth-order valence-electron chi connectivity index (χ4n) is 2.58. The van der Waals surface area contributed by atoms with Gasteiger partial charge in [-0.15, -0.1) is 0 Å². The number of benzene rings is 2. The zero-order chi connectivity index (χ0) is 14.9. The lowest BCUT2D eigenvalue weighted by Gasteiger charge is -2.11. The molecule has 0 spiro atoms.